The molecule has 0 N–H and O–H groups in total. The second kappa shape index (κ2) is 12.0. The van der Waals surface area contributed by atoms with Crippen LogP contribution in [0.15, 0.2) is 29.2 Å². The van der Waals surface area contributed by atoms with Gasteiger partial charge >= 0.3 is 5.97 Å². The lowest BCUT2D eigenvalue weighted by atomic mass is 10.1. The lowest BCUT2D eigenvalue weighted by Crippen LogP contribution is -2.14. The van der Waals surface area contributed by atoms with Crippen molar-refractivity contribution >= 4 is 16.1 Å². The molecule has 0 bridgehead atoms. The fraction of sp³-hybridized carbons (Fsp3) is 0.632. The Morgan fingerprint density at radius 2 is 1.52 bits per heavy atom. The van der Waals surface area contributed by atoms with Gasteiger partial charge in [0.2, 0.25) is 0 Å². The molecule has 5 nitrogen and oxygen atoms in total. The maximum atomic E-state index is 11.9. The Morgan fingerprint density at radius 1 is 0.920 bits per heavy atom. The number of hydrogen-bond acceptors (Lipinski definition) is 5. The molecule has 0 heterocycles. The molecule has 0 saturated carbocycles. The van der Waals surface area contributed by atoms with Gasteiger partial charge < -0.3 is 4.74 Å². The standard InChI is InChI=1S/C19H30O5S/c1-3-4-5-6-7-8-9-10-19(20)23-15-16-24-25(21,22)18-13-11-17(2)12-14-18/h11-14H,3-10,15-16H2,1-2H3. The summed E-state index contributed by atoms with van der Waals surface area (Å²) >= 11 is 0. The molecule has 142 valence electrons. The summed E-state index contributed by atoms with van der Waals surface area (Å²) in [7, 11) is -3.80. The molecule has 0 atom stereocenters. The summed E-state index contributed by atoms with van der Waals surface area (Å²) in [5, 5.41) is 0. The van der Waals surface area contributed by atoms with Gasteiger partial charge in [0, 0.05) is 6.42 Å². The van der Waals surface area contributed by atoms with Gasteiger partial charge in [-0.1, -0.05) is 63.1 Å². The van der Waals surface area contributed by atoms with E-state index in [1.165, 1.54) is 37.8 Å². The van der Waals surface area contributed by atoms with Crippen LogP contribution in [-0.4, -0.2) is 27.6 Å². The monoisotopic (exact) mass is 370 g/mol. The summed E-state index contributed by atoms with van der Waals surface area (Å²) in [5.74, 6) is -0.301. The van der Waals surface area contributed by atoms with E-state index in [-0.39, 0.29) is 24.1 Å². The maximum absolute atomic E-state index is 11.9. The highest BCUT2D eigenvalue weighted by Crippen LogP contribution is 2.13. The predicted molar refractivity (Wildman–Crippen MR) is 97.9 cm³/mol. The van der Waals surface area contributed by atoms with Crippen LogP contribution in [0.25, 0.3) is 0 Å². The Balaban J connectivity index is 2.12. The van der Waals surface area contributed by atoms with Crippen LogP contribution in [0.1, 0.15) is 63.9 Å². The molecule has 6 heteroatoms. The second-order valence-electron chi connectivity index (χ2n) is 6.18. The Kier molecular flexibility index (Phi) is 10.4. The zero-order valence-corrected chi connectivity index (χ0v) is 16.1. The smallest absolute Gasteiger partial charge is 0.305 e. The van der Waals surface area contributed by atoms with Gasteiger partial charge in [-0.25, -0.2) is 0 Å². The molecule has 0 aliphatic carbocycles. The molecule has 25 heavy (non-hydrogen) atoms. The molecule has 0 amide bonds. The zero-order valence-electron chi connectivity index (χ0n) is 15.3. The van der Waals surface area contributed by atoms with Crippen molar-refractivity contribution in [3.63, 3.8) is 0 Å². The molecule has 1 rings (SSSR count). The van der Waals surface area contributed by atoms with Crippen molar-refractivity contribution in [3.05, 3.63) is 29.8 Å². The van der Waals surface area contributed by atoms with Crippen molar-refractivity contribution in [3.8, 4) is 0 Å². The SMILES string of the molecule is CCCCCCCCCC(=O)OCCOS(=O)(=O)c1ccc(C)cc1. The van der Waals surface area contributed by atoms with Crippen molar-refractivity contribution in [1.82, 2.24) is 0 Å². The molecule has 0 saturated heterocycles. The predicted octanol–water partition coefficient (Wildman–Crippen LogP) is 4.38. The van der Waals surface area contributed by atoms with Gasteiger partial charge in [-0.3, -0.25) is 8.98 Å². The molecule has 1 aromatic rings. The van der Waals surface area contributed by atoms with Crippen LogP contribution in [0.5, 0.6) is 0 Å². The molecule has 0 unspecified atom stereocenters. The second-order valence-corrected chi connectivity index (χ2v) is 7.80. The van der Waals surface area contributed by atoms with Gasteiger partial charge in [0.25, 0.3) is 10.1 Å². The Bertz CT molecular complexity index is 593. The first-order valence-corrected chi connectivity index (χ1v) is 10.5. The first-order valence-electron chi connectivity index (χ1n) is 9.07. The highest BCUT2D eigenvalue weighted by atomic mass is 32.2. The maximum Gasteiger partial charge on any atom is 0.305 e. The van der Waals surface area contributed by atoms with E-state index in [0.717, 1.165) is 24.8 Å². The molecule has 0 aromatic heterocycles. The van der Waals surface area contributed by atoms with Crippen molar-refractivity contribution in [2.75, 3.05) is 13.2 Å². The first-order chi connectivity index (χ1) is 12.0. The van der Waals surface area contributed by atoms with Crippen LogP contribution in [0.3, 0.4) is 0 Å². The van der Waals surface area contributed by atoms with Crippen LogP contribution in [0.4, 0.5) is 0 Å². The number of carbonyl (C=O) groups is 1. The number of aryl methyl sites for hydroxylation is 1. The highest BCUT2D eigenvalue weighted by molar-refractivity contribution is 7.86. The van der Waals surface area contributed by atoms with Crippen LogP contribution in [-0.2, 0) is 23.8 Å². The highest BCUT2D eigenvalue weighted by Gasteiger charge is 2.14. The van der Waals surface area contributed by atoms with Gasteiger partial charge in [0.1, 0.15) is 13.2 Å². The van der Waals surface area contributed by atoms with E-state index in [9.17, 15) is 13.2 Å². The van der Waals surface area contributed by atoms with E-state index in [2.05, 4.69) is 6.92 Å². The van der Waals surface area contributed by atoms with E-state index in [4.69, 9.17) is 8.92 Å². The summed E-state index contributed by atoms with van der Waals surface area (Å²) in [6.45, 7) is 3.84. The molecular formula is C19H30O5S. The van der Waals surface area contributed by atoms with Crippen LogP contribution in [0.2, 0.25) is 0 Å². The molecule has 0 fully saturated rings. The summed E-state index contributed by atoms with van der Waals surface area (Å²) in [5.41, 5.74) is 0.971. The number of ether oxygens (including phenoxy) is 1. The average molecular weight is 371 g/mol. The molecule has 1 aromatic carbocycles. The minimum atomic E-state index is -3.80. The van der Waals surface area contributed by atoms with Gasteiger partial charge in [-0.2, -0.15) is 8.42 Å². The van der Waals surface area contributed by atoms with Crippen molar-refractivity contribution in [2.45, 2.75) is 70.1 Å². The van der Waals surface area contributed by atoms with Crippen LogP contribution in [0, 0.1) is 6.92 Å². The molecule has 0 aliphatic heterocycles. The van der Waals surface area contributed by atoms with Gasteiger partial charge in [-0.05, 0) is 25.5 Å². The first kappa shape index (κ1) is 21.6. The van der Waals surface area contributed by atoms with Crippen molar-refractivity contribution < 1.29 is 22.1 Å². The van der Waals surface area contributed by atoms with E-state index in [0.29, 0.717) is 6.42 Å². The van der Waals surface area contributed by atoms with Gasteiger partial charge in [0.05, 0.1) is 4.90 Å². The molecule has 0 spiro atoms. The largest absolute Gasteiger partial charge is 0.463 e. The zero-order chi connectivity index (χ0) is 18.5. The van der Waals surface area contributed by atoms with Gasteiger partial charge in [0.15, 0.2) is 0 Å². The van der Waals surface area contributed by atoms with E-state index in [1.54, 1.807) is 12.1 Å². The van der Waals surface area contributed by atoms with E-state index in [1.807, 2.05) is 6.92 Å². The van der Waals surface area contributed by atoms with E-state index >= 15 is 0 Å². The lowest BCUT2D eigenvalue weighted by Gasteiger charge is -2.07. The quantitative estimate of drug-likeness (QED) is 0.293. The Hall–Kier alpha value is -1.40. The number of hydrogen-bond donors (Lipinski definition) is 0. The summed E-state index contributed by atoms with van der Waals surface area (Å²) < 4.78 is 33.8. The minimum absolute atomic E-state index is 0.0551. The van der Waals surface area contributed by atoms with Crippen LogP contribution >= 0.6 is 0 Å². The molecule has 0 radical (unpaired) electrons. The average Bonchev–Trinajstić information content (AvgIpc) is 2.58. The minimum Gasteiger partial charge on any atom is -0.463 e. The van der Waals surface area contributed by atoms with Crippen molar-refractivity contribution in [2.24, 2.45) is 0 Å². The third kappa shape index (κ3) is 9.60. The number of benzene rings is 1. The summed E-state index contributed by atoms with van der Waals surface area (Å²) in [6.07, 6.45) is 8.33. The third-order valence-corrected chi connectivity index (χ3v) is 5.21. The normalized spacial score (nSPS) is 11.4. The lowest BCUT2D eigenvalue weighted by molar-refractivity contribution is -0.144. The molecule has 0 aliphatic rings. The van der Waals surface area contributed by atoms with Crippen molar-refractivity contribution in [1.29, 1.82) is 0 Å². The van der Waals surface area contributed by atoms with Crippen LogP contribution < -0.4 is 0 Å². The van der Waals surface area contributed by atoms with Gasteiger partial charge in [-0.15, -0.1) is 0 Å². The Labute approximate surface area is 151 Å². The summed E-state index contributed by atoms with van der Waals surface area (Å²) in [4.78, 5) is 11.7. The van der Waals surface area contributed by atoms with E-state index < -0.39 is 10.1 Å². The number of esters is 1. The number of unbranched alkanes of at least 4 members (excludes halogenated alkanes) is 6. The summed E-state index contributed by atoms with van der Waals surface area (Å²) in [6, 6.07) is 6.41. The fourth-order valence-corrected chi connectivity index (χ4v) is 3.26. The number of carbonyl (C=O) groups excluding carboxylic acids is 1. The Morgan fingerprint density at radius 3 is 2.16 bits per heavy atom. The third-order valence-electron chi connectivity index (χ3n) is 3.88. The fourth-order valence-electron chi connectivity index (χ4n) is 2.37. The molecular weight excluding hydrogens is 340 g/mol. The number of rotatable bonds is 13. The topological polar surface area (TPSA) is 69.7 Å².